The zero-order chi connectivity index (χ0) is 21.1. The van der Waals surface area contributed by atoms with Crippen molar-refractivity contribution in [2.24, 2.45) is 0 Å². The van der Waals surface area contributed by atoms with Crippen molar-refractivity contribution in [1.82, 2.24) is 15.0 Å². The molecule has 0 bridgehead atoms. The van der Waals surface area contributed by atoms with E-state index in [9.17, 15) is 10.1 Å². The number of nitro groups is 1. The van der Waals surface area contributed by atoms with Crippen molar-refractivity contribution >= 4 is 32.4 Å². The van der Waals surface area contributed by atoms with Gasteiger partial charge in [0, 0.05) is 30.6 Å². The second-order valence-corrected chi connectivity index (χ2v) is 7.25. The fraction of sp³-hybridized carbons (Fsp3) is 0.150. The van der Waals surface area contributed by atoms with Crippen LogP contribution in [0.1, 0.15) is 5.56 Å². The van der Waals surface area contributed by atoms with Gasteiger partial charge in [-0.2, -0.15) is 0 Å². The molecule has 0 radical (unpaired) electrons. The summed E-state index contributed by atoms with van der Waals surface area (Å²) in [7, 11) is 3.16. The molecule has 0 aliphatic heterocycles. The summed E-state index contributed by atoms with van der Waals surface area (Å²) in [5, 5.41) is 15.1. The molecule has 0 atom stereocenters. The first-order chi connectivity index (χ1) is 14.6. The Hall–Kier alpha value is -3.79. The van der Waals surface area contributed by atoms with E-state index < -0.39 is 4.92 Å². The number of pyridine rings is 1. The number of nitrogens with one attached hydrogen (secondary N) is 1. The molecule has 30 heavy (non-hydrogen) atoms. The zero-order valence-corrected chi connectivity index (χ0v) is 17.0. The largest absolute Gasteiger partial charge is 0.493 e. The Morgan fingerprint density at radius 1 is 1.13 bits per heavy atom. The van der Waals surface area contributed by atoms with Gasteiger partial charge in [0.25, 0.3) is 0 Å². The first-order valence-electron chi connectivity index (χ1n) is 8.90. The van der Waals surface area contributed by atoms with Gasteiger partial charge in [0.05, 0.1) is 24.5 Å². The quantitative estimate of drug-likeness (QED) is 0.346. The number of rotatable bonds is 7. The van der Waals surface area contributed by atoms with E-state index in [1.165, 1.54) is 6.07 Å². The predicted octanol–water partition coefficient (Wildman–Crippen LogP) is 4.29. The Kier molecular flexibility index (Phi) is 5.40. The van der Waals surface area contributed by atoms with Gasteiger partial charge in [-0.3, -0.25) is 15.1 Å². The Morgan fingerprint density at radius 2 is 1.97 bits per heavy atom. The second-order valence-electron chi connectivity index (χ2n) is 6.24. The molecule has 9 nitrogen and oxygen atoms in total. The summed E-state index contributed by atoms with van der Waals surface area (Å²) >= 11 is 1.01. The number of fused-ring (bicyclic) bond motifs is 1. The summed E-state index contributed by atoms with van der Waals surface area (Å²) in [6.45, 7) is 0.433. The number of hydrogen-bond acceptors (Lipinski definition) is 9. The molecular formula is C20H17N5O4S. The monoisotopic (exact) mass is 423 g/mol. The number of aromatic nitrogens is 3. The van der Waals surface area contributed by atoms with Crippen molar-refractivity contribution in [2.45, 2.75) is 6.54 Å². The molecule has 1 aromatic carbocycles. The minimum atomic E-state index is -0.422. The molecule has 0 unspecified atom stereocenters. The average Bonchev–Trinajstić information content (AvgIpc) is 3.22. The topological polar surface area (TPSA) is 112 Å². The van der Waals surface area contributed by atoms with Gasteiger partial charge >= 0.3 is 5.00 Å². The summed E-state index contributed by atoms with van der Waals surface area (Å²) in [4.78, 5) is 24.6. The molecule has 3 aromatic heterocycles. The number of hydrogen-bond donors (Lipinski definition) is 1. The highest BCUT2D eigenvalue weighted by Gasteiger charge is 2.18. The van der Waals surface area contributed by atoms with Gasteiger partial charge in [-0.05, 0) is 41.2 Å². The number of methoxy groups -OCH3 is 2. The fourth-order valence-corrected chi connectivity index (χ4v) is 3.78. The third-order valence-corrected chi connectivity index (χ3v) is 5.37. The lowest BCUT2D eigenvalue weighted by Crippen LogP contribution is -2.04. The molecule has 0 amide bonds. The van der Waals surface area contributed by atoms with Crippen LogP contribution in [0, 0.1) is 10.1 Å². The van der Waals surface area contributed by atoms with Crippen molar-refractivity contribution < 1.29 is 14.4 Å². The van der Waals surface area contributed by atoms with Gasteiger partial charge in [-0.1, -0.05) is 6.07 Å². The molecule has 0 aliphatic rings. The van der Waals surface area contributed by atoms with Crippen LogP contribution in [0.5, 0.6) is 11.5 Å². The molecule has 10 heteroatoms. The number of benzene rings is 1. The van der Waals surface area contributed by atoms with Gasteiger partial charge in [0.1, 0.15) is 10.6 Å². The first-order valence-corrected chi connectivity index (χ1v) is 9.72. The van der Waals surface area contributed by atoms with Crippen molar-refractivity contribution in [1.29, 1.82) is 0 Å². The van der Waals surface area contributed by atoms with Crippen molar-refractivity contribution in [2.75, 3.05) is 19.5 Å². The lowest BCUT2D eigenvalue weighted by molar-refractivity contribution is -0.380. The molecule has 4 aromatic rings. The summed E-state index contributed by atoms with van der Waals surface area (Å²) in [5.41, 5.74) is 1.66. The Labute approximate surface area is 175 Å². The summed E-state index contributed by atoms with van der Waals surface area (Å²) in [5.74, 6) is 2.21. The third kappa shape index (κ3) is 3.85. The summed E-state index contributed by atoms with van der Waals surface area (Å²) in [6, 6.07) is 10.7. The highest BCUT2D eigenvalue weighted by atomic mass is 32.1. The van der Waals surface area contributed by atoms with Gasteiger partial charge in [-0.25, -0.2) is 9.97 Å². The number of anilines is 1. The van der Waals surface area contributed by atoms with Crippen LogP contribution < -0.4 is 14.8 Å². The molecule has 0 saturated carbocycles. The van der Waals surface area contributed by atoms with Crippen LogP contribution in [0.25, 0.3) is 21.6 Å². The summed E-state index contributed by atoms with van der Waals surface area (Å²) in [6.07, 6.45) is 3.32. The maximum atomic E-state index is 11.3. The second kappa shape index (κ2) is 8.29. The Balaban J connectivity index is 1.72. The minimum Gasteiger partial charge on any atom is -0.493 e. The number of ether oxygens (including phenoxy) is 2. The molecule has 3 heterocycles. The van der Waals surface area contributed by atoms with Crippen LogP contribution in [0.15, 0.2) is 48.8 Å². The van der Waals surface area contributed by atoms with E-state index in [0.717, 1.165) is 22.5 Å². The molecule has 1 N–H and O–H groups in total. The van der Waals surface area contributed by atoms with Gasteiger partial charge in [0.2, 0.25) is 0 Å². The van der Waals surface area contributed by atoms with Crippen LogP contribution in [-0.4, -0.2) is 34.1 Å². The fourth-order valence-electron chi connectivity index (χ4n) is 2.93. The van der Waals surface area contributed by atoms with E-state index in [2.05, 4.69) is 20.3 Å². The first kappa shape index (κ1) is 19.5. The van der Waals surface area contributed by atoms with Gasteiger partial charge < -0.3 is 14.8 Å². The van der Waals surface area contributed by atoms with Crippen LogP contribution in [0.4, 0.5) is 10.8 Å². The summed E-state index contributed by atoms with van der Waals surface area (Å²) < 4.78 is 10.6. The molecular weight excluding hydrogens is 406 g/mol. The molecule has 152 valence electrons. The third-order valence-electron chi connectivity index (χ3n) is 4.39. The minimum absolute atomic E-state index is 0.0109. The van der Waals surface area contributed by atoms with E-state index in [4.69, 9.17) is 9.47 Å². The molecule has 0 aliphatic carbocycles. The predicted molar refractivity (Wildman–Crippen MR) is 114 cm³/mol. The molecule has 0 saturated heterocycles. The van der Waals surface area contributed by atoms with Crippen LogP contribution >= 0.6 is 11.3 Å². The van der Waals surface area contributed by atoms with Gasteiger partial charge in [0.15, 0.2) is 17.3 Å². The normalized spacial score (nSPS) is 10.7. The smallest absolute Gasteiger partial charge is 0.326 e. The van der Waals surface area contributed by atoms with E-state index in [1.54, 1.807) is 32.7 Å². The van der Waals surface area contributed by atoms with Crippen molar-refractivity contribution in [3.63, 3.8) is 0 Å². The average molecular weight is 423 g/mol. The maximum absolute atomic E-state index is 11.3. The van der Waals surface area contributed by atoms with Crippen molar-refractivity contribution in [3.8, 4) is 22.9 Å². The van der Waals surface area contributed by atoms with Crippen LogP contribution in [-0.2, 0) is 6.54 Å². The van der Waals surface area contributed by atoms with E-state index in [-0.39, 0.29) is 5.00 Å². The molecule has 4 rings (SSSR count). The van der Waals surface area contributed by atoms with E-state index in [1.807, 2.05) is 24.3 Å². The van der Waals surface area contributed by atoms with Crippen LogP contribution in [0.2, 0.25) is 0 Å². The molecule has 0 spiro atoms. The van der Waals surface area contributed by atoms with Crippen LogP contribution in [0.3, 0.4) is 0 Å². The maximum Gasteiger partial charge on any atom is 0.326 e. The lowest BCUT2D eigenvalue weighted by atomic mass is 10.2. The Morgan fingerprint density at radius 3 is 2.67 bits per heavy atom. The standard InChI is InChI=1S/C20H17N5O4S/c1-28-15-6-5-12(8-16(15)29-2)10-22-19-14-9-17(25(26)27)30-20(14)24-18(23-19)13-4-3-7-21-11-13/h3-9,11H,10H2,1-2H3,(H,22,23,24). The van der Waals surface area contributed by atoms with E-state index in [0.29, 0.717) is 39.9 Å². The SMILES string of the molecule is COc1ccc(CNc2nc(-c3cccnc3)nc3sc([N+](=O)[O-])cc23)cc1OC. The number of thiophene rings is 1. The lowest BCUT2D eigenvalue weighted by Gasteiger charge is -2.11. The van der Waals surface area contributed by atoms with Gasteiger partial charge in [-0.15, -0.1) is 0 Å². The highest BCUT2D eigenvalue weighted by Crippen LogP contribution is 2.35. The highest BCUT2D eigenvalue weighted by molar-refractivity contribution is 7.21. The Bertz CT molecular complexity index is 1210. The zero-order valence-electron chi connectivity index (χ0n) is 16.2. The number of nitrogens with zero attached hydrogens (tertiary/aromatic N) is 4. The van der Waals surface area contributed by atoms with E-state index >= 15 is 0 Å². The van der Waals surface area contributed by atoms with Crippen molar-refractivity contribution in [3.05, 3.63) is 64.5 Å². The molecule has 0 fully saturated rings.